The molecule has 24 heavy (non-hydrogen) atoms. The van der Waals surface area contributed by atoms with E-state index in [2.05, 4.69) is 12.2 Å². The van der Waals surface area contributed by atoms with Crippen molar-refractivity contribution in [2.24, 2.45) is 0 Å². The molecule has 0 aliphatic rings. The van der Waals surface area contributed by atoms with Crippen LogP contribution in [0.4, 0.5) is 13.2 Å². The Balaban J connectivity index is 2.56. The van der Waals surface area contributed by atoms with Crippen molar-refractivity contribution in [3.8, 4) is 0 Å². The molecule has 5 nitrogen and oxygen atoms in total. The average Bonchev–Trinajstić information content (AvgIpc) is 2.52. The first-order valence-corrected chi connectivity index (χ1v) is 9.08. The molecule has 0 unspecified atom stereocenters. The molecule has 0 aliphatic heterocycles. The van der Waals surface area contributed by atoms with Gasteiger partial charge >= 0.3 is 6.18 Å². The van der Waals surface area contributed by atoms with Gasteiger partial charge in [0.05, 0.1) is 17.0 Å². The van der Waals surface area contributed by atoms with Gasteiger partial charge in [-0.25, -0.2) is 13.1 Å². The minimum atomic E-state index is -4.64. The van der Waals surface area contributed by atoms with Crippen LogP contribution in [0.5, 0.6) is 0 Å². The molecule has 136 valence electrons. The second-order valence-electron chi connectivity index (χ2n) is 5.26. The van der Waals surface area contributed by atoms with E-state index in [1.165, 1.54) is 0 Å². The van der Waals surface area contributed by atoms with Crippen molar-refractivity contribution in [2.75, 3.05) is 13.1 Å². The van der Waals surface area contributed by atoms with Gasteiger partial charge < -0.3 is 5.32 Å². The summed E-state index contributed by atoms with van der Waals surface area (Å²) in [5.41, 5.74) is -1.06. The van der Waals surface area contributed by atoms with E-state index in [4.69, 9.17) is 0 Å². The Kier molecular flexibility index (Phi) is 7.68. The number of hydrogen-bond donors (Lipinski definition) is 2. The standard InChI is InChI=1S/C15H21F3N2O3S/c1-2-3-4-5-9-19-14(21)11-20-24(22,23)13-8-6-7-12(10-13)15(16,17)18/h6-8,10,20H,2-5,9,11H2,1H3,(H,19,21). The molecule has 2 N–H and O–H groups in total. The van der Waals surface area contributed by atoms with E-state index in [0.717, 1.165) is 43.9 Å². The Morgan fingerprint density at radius 1 is 1.17 bits per heavy atom. The topological polar surface area (TPSA) is 75.3 Å². The van der Waals surface area contributed by atoms with E-state index in [9.17, 15) is 26.4 Å². The molecular formula is C15H21F3N2O3S. The fourth-order valence-corrected chi connectivity index (χ4v) is 2.95. The summed E-state index contributed by atoms with van der Waals surface area (Å²) in [5.74, 6) is -0.526. The number of carbonyl (C=O) groups is 1. The number of amides is 1. The molecule has 0 aliphatic carbocycles. The van der Waals surface area contributed by atoms with Gasteiger partial charge in [-0.2, -0.15) is 13.2 Å². The fourth-order valence-electron chi connectivity index (χ4n) is 1.93. The zero-order valence-electron chi connectivity index (χ0n) is 13.3. The molecule has 0 saturated heterocycles. The number of unbranched alkanes of at least 4 members (excludes halogenated alkanes) is 3. The van der Waals surface area contributed by atoms with E-state index in [-0.39, 0.29) is 0 Å². The third-order valence-corrected chi connectivity index (χ3v) is 4.65. The van der Waals surface area contributed by atoms with E-state index >= 15 is 0 Å². The van der Waals surface area contributed by atoms with Crippen LogP contribution >= 0.6 is 0 Å². The van der Waals surface area contributed by atoms with Crippen molar-refractivity contribution in [3.63, 3.8) is 0 Å². The Morgan fingerprint density at radius 2 is 1.88 bits per heavy atom. The van der Waals surface area contributed by atoms with Gasteiger partial charge in [0.25, 0.3) is 0 Å². The van der Waals surface area contributed by atoms with Crippen LogP contribution < -0.4 is 10.0 Å². The van der Waals surface area contributed by atoms with Crippen molar-refractivity contribution >= 4 is 15.9 Å². The first-order chi connectivity index (χ1) is 11.2. The van der Waals surface area contributed by atoms with Crippen LogP contribution in [-0.4, -0.2) is 27.4 Å². The number of nitrogens with one attached hydrogen (secondary N) is 2. The van der Waals surface area contributed by atoms with Crippen LogP contribution in [0, 0.1) is 0 Å². The van der Waals surface area contributed by atoms with Gasteiger partial charge in [-0.05, 0) is 24.6 Å². The first kappa shape index (κ1) is 20.4. The monoisotopic (exact) mass is 366 g/mol. The molecule has 1 aromatic rings. The molecule has 0 bridgehead atoms. The minimum Gasteiger partial charge on any atom is -0.355 e. The Hall–Kier alpha value is -1.61. The lowest BCUT2D eigenvalue weighted by atomic mass is 10.2. The summed E-state index contributed by atoms with van der Waals surface area (Å²) in [6.07, 6.45) is -0.767. The highest BCUT2D eigenvalue weighted by Gasteiger charge is 2.31. The Morgan fingerprint density at radius 3 is 2.50 bits per heavy atom. The fraction of sp³-hybridized carbons (Fsp3) is 0.533. The van der Waals surface area contributed by atoms with Crippen molar-refractivity contribution < 1.29 is 26.4 Å². The summed E-state index contributed by atoms with van der Waals surface area (Å²) < 4.78 is 63.8. The molecule has 1 amide bonds. The maximum atomic E-state index is 12.6. The third kappa shape index (κ3) is 6.88. The lowest BCUT2D eigenvalue weighted by Gasteiger charge is -2.10. The molecule has 0 fully saturated rings. The van der Waals surface area contributed by atoms with Gasteiger partial charge in [0, 0.05) is 6.54 Å². The van der Waals surface area contributed by atoms with Gasteiger partial charge in [-0.15, -0.1) is 0 Å². The van der Waals surface area contributed by atoms with Crippen LogP contribution in [0.3, 0.4) is 0 Å². The predicted octanol–water partition coefficient (Wildman–Crippen LogP) is 2.68. The summed E-state index contributed by atoms with van der Waals surface area (Å²) >= 11 is 0. The zero-order valence-corrected chi connectivity index (χ0v) is 14.1. The van der Waals surface area contributed by atoms with E-state index < -0.39 is 39.1 Å². The smallest absolute Gasteiger partial charge is 0.355 e. The first-order valence-electron chi connectivity index (χ1n) is 7.60. The van der Waals surface area contributed by atoms with E-state index in [1.807, 2.05) is 4.72 Å². The molecule has 1 rings (SSSR count). The quantitative estimate of drug-likeness (QED) is 0.660. The number of hydrogen-bond acceptors (Lipinski definition) is 3. The third-order valence-electron chi connectivity index (χ3n) is 3.25. The van der Waals surface area contributed by atoms with Crippen molar-refractivity contribution in [1.29, 1.82) is 0 Å². The number of rotatable bonds is 9. The van der Waals surface area contributed by atoms with Gasteiger partial charge in [0.2, 0.25) is 15.9 Å². The van der Waals surface area contributed by atoms with Crippen molar-refractivity contribution in [1.82, 2.24) is 10.0 Å². The number of benzene rings is 1. The van der Waals surface area contributed by atoms with Crippen LogP contribution in [0.1, 0.15) is 38.2 Å². The highest BCUT2D eigenvalue weighted by molar-refractivity contribution is 7.89. The highest BCUT2D eigenvalue weighted by atomic mass is 32.2. The Labute approximate surface area is 139 Å². The number of halogens is 3. The molecular weight excluding hydrogens is 345 g/mol. The van der Waals surface area contributed by atoms with Crippen molar-refractivity contribution in [3.05, 3.63) is 29.8 Å². The second-order valence-corrected chi connectivity index (χ2v) is 7.03. The Bertz CT molecular complexity index is 646. The van der Waals surface area contributed by atoms with Crippen LogP contribution in [-0.2, 0) is 21.0 Å². The maximum absolute atomic E-state index is 12.6. The molecule has 0 saturated carbocycles. The molecule has 0 aromatic heterocycles. The highest BCUT2D eigenvalue weighted by Crippen LogP contribution is 2.30. The van der Waals surface area contributed by atoms with Gasteiger partial charge in [0.15, 0.2) is 0 Å². The molecule has 0 radical (unpaired) electrons. The average molecular weight is 366 g/mol. The molecule has 0 atom stereocenters. The zero-order chi connectivity index (χ0) is 18.2. The second kappa shape index (κ2) is 9.03. The maximum Gasteiger partial charge on any atom is 0.416 e. The van der Waals surface area contributed by atoms with Crippen LogP contribution in [0.2, 0.25) is 0 Å². The van der Waals surface area contributed by atoms with Crippen LogP contribution in [0.15, 0.2) is 29.2 Å². The van der Waals surface area contributed by atoms with Gasteiger partial charge in [-0.3, -0.25) is 4.79 Å². The largest absolute Gasteiger partial charge is 0.416 e. The minimum absolute atomic E-state index is 0.435. The summed E-state index contributed by atoms with van der Waals surface area (Å²) in [7, 11) is -4.19. The predicted molar refractivity (Wildman–Crippen MR) is 83.8 cm³/mol. The molecule has 9 heteroatoms. The van der Waals surface area contributed by atoms with Gasteiger partial charge in [-0.1, -0.05) is 32.3 Å². The summed E-state index contributed by atoms with van der Waals surface area (Å²) in [6.45, 7) is 1.97. The summed E-state index contributed by atoms with van der Waals surface area (Å²) in [4.78, 5) is 11.0. The summed E-state index contributed by atoms with van der Waals surface area (Å²) in [6, 6.07) is 3.36. The lowest BCUT2D eigenvalue weighted by Crippen LogP contribution is -2.37. The molecule has 0 heterocycles. The van der Waals surface area contributed by atoms with Crippen LogP contribution in [0.25, 0.3) is 0 Å². The molecule has 1 aromatic carbocycles. The van der Waals surface area contributed by atoms with Crippen molar-refractivity contribution in [2.45, 2.75) is 43.7 Å². The number of carbonyl (C=O) groups excluding carboxylic acids is 1. The number of sulfonamides is 1. The van der Waals surface area contributed by atoms with E-state index in [1.54, 1.807) is 0 Å². The number of alkyl halides is 3. The SMILES string of the molecule is CCCCCCNC(=O)CNS(=O)(=O)c1cccc(C(F)(F)F)c1. The van der Waals surface area contributed by atoms with E-state index in [0.29, 0.717) is 12.6 Å². The lowest BCUT2D eigenvalue weighted by molar-refractivity contribution is -0.137. The molecule has 0 spiro atoms. The normalized spacial score (nSPS) is 12.2. The summed E-state index contributed by atoms with van der Waals surface area (Å²) in [5, 5.41) is 2.56. The van der Waals surface area contributed by atoms with Gasteiger partial charge in [0.1, 0.15) is 0 Å².